The van der Waals surface area contributed by atoms with Crippen LogP contribution in [0.25, 0.3) is 0 Å². The minimum Gasteiger partial charge on any atom is -0.508 e. The predicted molar refractivity (Wildman–Crippen MR) is 83.8 cm³/mol. The summed E-state index contributed by atoms with van der Waals surface area (Å²) < 4.78 is 13.2. The number of hydrogen-bond donors (Lipinski definition) is 2. The van der Waals surface area contributed by atoms with Gasteiger partial charge in [0.05, 0.1) is 0 Å². The van der Waals surface area contributed by atoms with Crippen molar-refractivity contribution in [2.24, 2.45) is 0 Å². The van der Waals surface area contributed by atoms with Crippen molar-refractivity contribution in [2.75, 3.05) is 0 Å². The molecule has 0 saturated carbocycles. The minimum atomic E-state index is -0.196. The van der Waals surface area contributed by atoms with Gasteiger partial charge in [0.1, 0.15) is 11.6 Å². The molecule has 21 heavy (non-hydrogen) atoms. The van der Waals surface area contributed by atoms with E-state index in [2.05, 4.69) is 12.2 Å². The second-order valence-electron chi connectivity index (χ2n) is 5.55. The van der Waals surface area contributed by atoms with Gasteiger partial charge in [0.2, 0.25) is 0 Å². The summed E-state index contributed by atoms with van der Waals surface area (Å²) >= 11 is 0. The number of benzene rings is 2. The van der Waals surface area contributed by atoms with E-state index in [4.69, 9.17) is 0 Å². The van der Waals surface area contributed by atoms with Crippen LogP contribution in [0, 0.1) is 5.82 Å². The van der Waals surface area contributed by atoms with Crippen LogP contribution in [0.1, 0.15) is 37.4 Å². The molecule has 2 nitrogen and oxygen atoms in total. The van der Waals surface area contributed by atoms with Crippen molar-refractivity contribution < 1.29 is 9.50 Å². The predicted octanol–water partition coefficient (Wildman–Crippen LogP) is 4.20. The maximum absolute atomic E-state index is 13.2. The Morgan fingerprint density at radius 1 is 1.10 bits per heavy atom. The molecule has 0 aliphatic rings. The molecule has 2 atom stereocenters. The Morgan fingerprint density at radius 3 is 2.48 bits per heavy atom. The van der Waals surface area contributed by atoms with E-state index >= 15 is 0 Å². The maximum atomic E-state index is 13.2. The van der Waals surface area contributed by atoms with Gasteiger partial charge in [-0.25, -0.2) is 4.39 Å². The Balaban J connectivity index is 1.83. The molecule has 2 aromatic rings. The van der Waals surface area contributed by atoms with Gasteiger partial charge in [-0.3, -0.25) is 0 Å². The number of hydrogen-bond acceptors (Lipinski definition) is 2. The Kier molecular flexibility index (Phi) is 5.34. The lowest BCUT2D eigenvalue weighted by atomic mass is 10.0. The van der Waals surface area contributed by atoms with Crippen molar-refractivity contribution in [3.8, 4) is 5.75 Å². The van der Waals surface area contributed by atoms with Crippen LogP contribution in [0.4, 0.5) is 4.39 Å². The second kappa shape index (κ2) is 7.23. The van der Waals surface area contributed by atoms with E-state index < -0.39 is 0 Å². The van der Waals surface area contributed by atoms with E-state index in [0.717, 1.165) is 18.4 Å². The number of phenolic OH excluding ortho intramolecular Hbond substituents is 1. The number of halogens is 1. The minimum absolute atomic E-state index is 0.121. The summed E-state index contributed by atoms with van der Waals surface area (Å²) in [5, 5.41) is 12.7. The maximum Gasteiger partial charge on any atom is 0.123 e. The molecule has 0 aliphatic heterocycles. The molecular formula is C18H22FNO. The molecule has 0 heterocycles. The Bertz CT molecular complexity index is 568. The zero-order valence-electron chi connectivity index (χ0n) is 12.5. The molecular weight excluding hydrogens is 265 g/mol. The first kappa shape index (κ1) is 15.5. The molecule has 1 unspecified atom stereocenters. The first-order valence-electron chi connectivity index (χ1n) is 7.34. The van der Waals surface area contributed by atoms with E-state index in [1.54, 1.807) is 24.3 Å². The topological polar surface area (TPSA) is 32.3 Å². The lowest BCUT2D eigenvalue weighted by Crippen LogP contribution is -2.29. The fourth-order valence-corrected chi connectivity index (χ4v) is 2.43. The molecule has 0 spiro atoms. The molecule has 2 N–H and O–H groups in total. The number of aryl methyl sites for hydroxylation is 1. The van der Waals surface area contributed by atoms with Gasteiger partial charge < -0.3 is 10.4 Å². The fourth-order valence-electron chi connectivity index (χ4n) is 2.43. The van der Waals surface area contributed by atoms with Crippen molar-refractivity contribution in [1.29, 1.82) is 0 Å². The SMILES string of the molecule is CC(CCc1ccc(O)cc1)N[C@H](C)c1cccc(F)c1. The van der Waals surface area contributed by atoms with Crippen LogP contribution in [0.2, 0.25) is 0 Å². The van der Waals surface area contributed by atoms with E-state index in [1.165, 1.54) is 11.6 Å². The van der Waals surface area contributed by atoms with Crippen LogP contribution in [-0.2, 0) is 6.42 Å². The Labute approximate surface area is 125 Å². The molecule has 2 aromatic carbocycles. The van der Waals surface area contributed by atoms with Crippen LogP contribution in [0.15, 0.2) is 48.5 Å². The van der Waals surface area contributed by atoms with E-state index in [9.17, 15) is 9.50 Å². The zero-order valence-corrected chi connectivity index (χ0v) is 12.5. The highest BCUT2D eigenvalue weighted by Gasteiger charge is 2.10. The quantitative estimate of drug-likeness (QED) is 0.834. The van der Waals surface area contributed by atoms with E-state index in [1.807, 2.05) is 25.1 Å². The van der Waals surface area contributed by atoms with Crippen molar-refractivity contribution in [3.63, 3.8) is 0 Å². The molecule has 0 radical (unpaired) electrons. The highest BCUT2D eigenvalue weighted by Crippen LogP contribution is 2.16. The molecule has 2 rings (SSSR count). The highest BCUT2D eigenvalue weighted by molar-refractivity contribution is 5.26. The third-order valence-corrected chi connectivity index (χ3v) is 3.69. The number of phenols is 1. The van der Waals surface area contributed by atoms with Crippen LogP contribution in [-0.4, -0.2) is 11.1 Å². The fraction of sp³-hybridized carbons (Fsp3) is 0.333. The standard InChI is InChI=1S/C18H22FNO/c1-13(6-7-15-8-10-18(21)11-9-15)20-14(2)16-4-3-5-17(19)12-16/h3-5,8-14,20-21H,6-7H2,1-2H3/t13?,14-/m1/s1. The molecule has 0 fully saturated rings. The molecule has 0 aromatic heterocycles. The third kappa shape index (κ3) is 4.87. The average Bonchev–Trinajstić information content (AvgIpc) is 2.46. The molecule has 0 aliphatic carbocycles. The summed E-state index contributed by atoms with van der Waals surface area (Å²) in [6.45, 7) is 4.18. The summed E-state index contributed by atoms with van der Waals surface area (Å²) in [6, 6.07) is 14.5. The molecule has 0 saturated heterocycles. The molecule has 0 bridgehead atoms. The van der Waals surface area contributed by atoms with Gasteiger partial charge in [-0.2, -0.15) is 0 Å². The van der Waals surface area contributed by atoms with Crippen LogP contribution in [0.3, 0.4) is 0 Å². The van der Waals surface area contributed by atoms with Gasteiger partial charge in [-0.05, 0) is 62.1 Å². The van der Waals surface area contributed by atoms with Crippen LogP contribution >= 0.6 is 0 Å². The lowest BCUT2D eigenvalue weighted by Gasteiger charge is -2.20. The van der Waals surface area contributed by atoms with Gasteiger partial charge in [-0.1, -0.05) is 24.3 Å². The first-order valence-corrected chi connectivity index (χ1v) is 7.34. The Morgan fingerprint density at radius 2 is 1.81 bits per heavy atom. The smallest absolute Gasteiger partial charge is 0.123 e. The average molecular weight is 287 g/mol. The summed E-state index contributed by atoms with van der Waals surface area (Å²) in [5.74, 6) is 0.0996. The van der Waals surface area contributed by atoms with Crippen molar-refractivity contribution >= 4 is 0 Å². The normalized spacial score (nSPS) is 13.9. The van der Waals surface area contributed by atoms with Crippen LogP contribution < -0.4 is 5.32 Å². The van der Waals surface area contributed by atoms with Crippen molar-refractivity contribution in [1.82, 2.24) is 5.32 Å². The van der Waals surface area contributed by atoms with Crippen molar-refractivity contribution in [2.45, 2.75) is 38.8 Å². The summed E-state index contributed by atoms with van der Waals surface area (Å²) in [5.41, 5.74) is 2.17. The summed E-state index contributed by atoms with van der Waals surface area (Å²) in [6.07, 6.45) is 1.94. The third-order valence-electron chi connectivity index (χ3n) is 3.69. The zero-order chi connectivity index (χ0) is 15.2. The Hall–Kier alpha value is -1.87. The largest absolute Gasteiger partial charge is 0.508 e. The highest BCUT2D eigenvalue weighted by atomic mass is 19.1. The van der Waals surface area contributed by atoms with Gasteiger partial charge in [-0.15, -0.1) is 0 Å². The molecule has 0 amide bonds. The summed E-state index contributed by atoms with van der Waals surface area (Å²) in [7, 11) is 0. The van der Waals surface area contributed by atoms with Crippen LogP contribution in [0.5, 0.6) is 5.75 Å². The van der Waals surface area contributed by atoms with Crippen molar-refractivity contribution in [3.05, 3.63) is 65.5 Å². The number of rotatable bonds is 6. The monoisotopic (exact) mass is 287 g/mol. The van der Waals surface area contributed by atoms with E-state index in [0.29, 0.717) is 11.8 Å². The van der Waals surface area contributed by atoms with Gasteiger partial charge in [0, 0.05) is 12.1 Å². The first-order chi connectivity index (χ1) is 10.0. The number of aromatic hydroxyl groups is 1. The van der Waals surface area contributed by atoms with Gasteiger partial charge >= 0.3 is 0 Å². The second-order valence-corrected chi connectivity index (χ2v) is 5.55. The van der Waals surface area contributed by atoms with Gasteiger partial charge in [0.25, 0.3) is 0 Å². The molecule has 3 heteroatoms. The summed E-state index contributed by atoms with van der Waals surface area (Å²) in [4.78, 5) is 0. The van der Waals surface area contributed by atoms with Gasteiger partial charge in [0.15, 0.2) is 0 Å². The lowest BCUT2D eigenvalue weighted by molar-refractivity contribution is 0.454. The number of nitrogens with one attached hydrogen (secondary N) is 1. The molecule has 112 valence electrons. The van der Waals surface area contributed by atoms with E-state index in [-0.39, 0.29) is 11.9 Å².